The van der Waals surface area contributed by atoms with E-state index in [1.165, 1.54) is 10.8 Å². The molecule has 0 N–H and O–H groups in total. The van der Waals surface area contributed by atoms with Crippen LogP contribution in [0, 0.1) is 0 Å². The van der Waals surface area contributed by atoms with Crippen molar-refractivity contribution < 1.29 is 4.42 Å². The lowest BCUT2D eigenvalue weighted by molar-refractivity contribution is 0.669. The van der Waals surface area contributed by atoms with Gasteiger partial charge >= 0.3 is 0 Å². The zero-order valence-corrected chi connectivity index (χ0v) is 22.2. The summed E-state index contributed by atoms with van der Waals surface area (Å²) in [5.74, 6) is 0.671. The maximum Gasteiger partial charge on any atom is 0.161 e. The maximum atomic E-state index is 6.44. The van der Waals surface area contributed by atoms with Crippen LogP contribution in [-0.4, -0.2) is 9.97 Å². The van der Waals surface area contributed by atoms with E-state index in [0.717, 1.165) is 61.1 Å². The largest absolute Gasteiger partial charge is 0.456 e. The van der Waals surface area contributed by atoms with E-state index in [0.29, 0.717) is 5.82 Å². The zero-order chi connectivity index (χ0) is 27.2. The lowest BCUT2D eigenvalue weighted by Gasteiger charge is -2.12. The number of hydrogen-bond donors (Lipinski definition) is 0. The van der Waals surface area contributed by atoms with Gasteiger partial charge in [-0.05, 0) is 52.2 Å². The monoisotopic (exact) mass is 524 g/mol. The smallest absolute Gasteiger partial charge is 0.161 e. The van der Waals surface area contributed by atoms with Crippen LogP contribution in [0.1, 0.15) is 0 Å². The molecule has 41 heavy (non-hydrogen) atoms. The Balaban J connectivity index is 1.43. The van der Waals surface area contributed by atoms with Crippen LogP contribution >= 0.6 is 0 Å². The molecule has 0 aliphatic rings. The number of para-hydroxylation sites is 1. The molecule has 0 atom stereocenters. The summed E-state index contributed by atoms with van der Waals surface area (Å²) >= 11 is 0. The summed E-state index contributed by atoms with van der Waals surface area (Å²) < 4.78 is 6.44. The Labute approximate surface area is 237 Å². The molecule has 6 aromatic carbocycles. The molecule has 8 aromatic rings. The number of rotatable bonds is 4. The molecule has 3 heteroatoms. The summed E-state index contributed by atoms with van der Waals surface area (Å²) in [5, 5.41) is 4.49. The van der Waals surface area contributed by atoms with Crippen molar-refractivity contribution in [2.24, 2.45) is 0 Å². The van der Waals surface area contributed by atoms with Crippen LogP contribution in [0.5, 0.6) is 0 Å². The van der Waals surface area contributed by atoms with Crippen molar-refractivity contribution in [3.05, 3.63) is 146 Å². The molecule has 0 saturated carbocycles. The number of hydrogen-bond acceptors (Lipinski definition) is 3. The van der Waals surface area contributed by atoms with Crippen molar-refractivity contribution in [1.82, 2.24) is 9.97 Å². The second-order valence-corrected chi connectivity index (χ2v) is 10.3. The Morgan fingerprint density at radius 1 is 0.415 bits per heavy atom. The molecule has 0 saturated heterocycles. The predicted molar refractivity (Wildman–Crippen MR) is 169 cm³/mol. The molecule has 0 aliphatic heterocycles. The van der Waals surface area contributed by atoms with E-state index >= 15 is 0 Å². The Kier molecular flexibility index (Phi) is 5.46. The standard InChI is InChI=1S/C38H24N2O/c1-3-12-26(13-4-1)33-24-34(27-14-5-2-6-15-27)40-38(39-33)32-22-30(29-20-19-25-11-7-8-16-28(25)21-29)23-36-37(32)31-17-9-10-18-35(31)41-36/h1-24H. The van der Waals surface area contributed by atoms with E-state index in [4.69, 9.17) is 14.4 Å². The van der Waals surface area contributed by atoms with Gasteiger partial charge in [-0.15, -0.1) is 0 Å². The summed E-state index contributed by atoms with van der Waals surface area (Å²) in [6, 6.07) is 50.2. The fourth-order valence-electron chi connectivity index (χ4n) is 5.65. The molecule has 0 fully saturated rings. The minimum atomic E-state index is 0.671. The average Bonchev–Trinajstić information content (AvgIpc) is 3.43. The first-order valence-electron chi connectivity index (χ1n) is 13.7. The van der Waals surface area contributed by atoms with Crippen LogP contribution in [-0.2, 0) is 0 Å². The Morgan fingerprint density at radius 2 is 1.05 bits per heavy atom. The summed E-state index contributed by atoms with van der Waals surface area (Å²) in [4.78, 5) is 10.3. The van der Waals surface area contributed by atoms with Crippen LogP contribution in [0.15, 0.2) is 150 Å². The van der Waals surface area contributed by atoms with E-state index < -0.39 is 0 Å². The first-order valence-corrected chi connectivity index (χ1v) is 13.7. The lowest BCUT2D eigenvalue weighted by Crippen LogP contribution is -1.97. The summed E-state index contributed by atoms with van der Waals surface area (Å²) in [6.07, 6.45) is 0. The number of aromatic nitrogens is 2. The fourth-order valence-corrected chi connectivity index (χ4v) is 5.65. The van der Waals surface area contributed by atoms with Gasteiger partial charge in [-0.3, -0.25) is 0 Å². The number of benzene rings is 6. The lowest BCUT2D eigenvalue weighted by atomic mass is 9.96. The normalized spacial score (nSPS) is 11.4. The van der Waals surface area contributed by atoms with Gasteiger partial charge in [0.2, 0.25) is 0 Å². The number of fused-ring (bicyclic) bond motifs is 4. The summed E-state index contributed by atoms with van der Waals surface area (Å²) in [5.41, 5.74) is 8.66. The third-order valence-electron chi connectivity index (χ3n) is 7.67. The molecular weight excluding hydrogens is 500 g/mol. The van der Waals surface area contributed by atoms with Gasteiger partial charge in [0.05, 0.1) is 11.4 Å². The molecule has 2 heterocycles. The number of furan rings is 1. The van der Waals surface area contributed by atoms with Gasteiger partial charge < -0.3 is 4.42 Å². The molecule has 0 aliphatic carbocycles. The predicted octanol–water partition coefficient (Wildman–Crippen LogP) is 10.2. The second-order valence-electron chi connectivity index (χ2n) is 10.3. The topological polar surface area (TPSA) is 38.9 Å². The van der Waals surface area contributed by atoms with E-state index in [1.54, 1.807) is 0 Å². The van der Waals surface area contributed by atoms with E-state index in [1.807, 2.05) is 48.5 Å². The first-order chi connectivity index (χ1) is 20.3. The van der Waals surface area contributed by atoms with Gasteiger partial charge in [-0.1, -0.05) is 115 Å². The first kappa shape index (κ1) is 23.4. The molecule has 8 rings (SSSR count). The third-order valence-corrected chi connectivity index (χ3v) is 7.67. The number of nitrogens with zero attached hydrogens (tertiary/aromatic N) is 2. The Bertz CT molecular complexity index is 2140. The van der Waals surface area contributed by atoms with Gasteiger partial charge in [0.15, 0.2) is 5.82 Å². The van der Waals surface area contributed by atoms with Gasteiger partial charge in [-0.2, -0.15) is 0 Å². The van der Waals surface area contributed by atoms with Crippen molar-refractivity contribution in [3.8, 4) is 45.0 Å². The van der Waals surface area contributed by atoms with Crippen molar-refractivity contribution in [2.45, 2.75) is 0 Å². The summed E-state index contributed by atoms with van der Waals surface area (Å²) in [6.45, 7) is 0. The van der Waals surface area contributed by atoms with E-state index in [9.17, 15) is 0 Å². The van der Waals surface area contributed by atoms with Crippen LogP contribution in [0.3, 0.4) is 0 Å². The summed E-state index contributed by atoms with van der Waals surface area (Å²) in [7, 11) is 0. The SMILES string of the molecule is c1ccc(-c2cc(-c3ccccc3)nc(-c3cc(-c4ccc5ccccc5c4)cc4oc5ccccc5c34)n2)cc1. The zero-order valence-electron chi connectivity index (χ0n) is 22.2. The highest BCUT2D eigenvalue weighted by atomic mass is 16.3. The maximum absolute atomic E-state index is 6.44. The molecule has 192 valence electrons. The third kappa shape index (κ3) is 4.16. The van der Waals surface area contributed by atoms with Crippen molar-refractivity contribution >= 4 is 32.7 Å². The van der Waals surface area contributed by atoms with Gasteiger partial charge in [0.25, 0.3) is 0 Å². The van der Waals surface area contributed by atoms with Gasteiger partial charge in [0.1, 0.15) is 11.2 Å². The molecule has 0 unspecified atom stereocenters. The molecule has 0 radical (unpaired) electrons. The highest BCUT2D eigenvalue weighted by molar-refractivity contribution is 6.13. The van der Waals surface area contributed by atoms with Crippen LogP contribution in [0.4, 0.5) is 0 Å². The molecule has 3 nitrogen and oxygen atoms in total. The minimum absolute atomic E-state index is 0.671. The van der Waals surface area contributed by atoms with Gasteiger partial charge in [-0.25, -0.2) is 9.97 Å². The van der Waals surface area contributed by atoms with Crippen molar-refractivity contribution in [3.63, 3.8) is 0 Å². The molecule has 0 bridgehead atoms. The van der Waals surface area contributed by atoms with E-state index in [-0.39, 0.29) is 0 Å². The molecule has 2 aromatic heterocycles. The highest BCUT2D eigenvalue weighted by Crippen LogP contribution is 2.40. The highest BCUT2D eigenvalue weighted by Gasteiger charge is 2.19. The average molecular weight is 525 g/mol. The Morgan fingerprint density at radius 3 is 1.78 bits per heavy atom. The molecular formula is C38H24N2O. The van der Waals surface area contributed by atoms with Crippen molar-refractivity contribution in [1.29, 1.82) is 0 Å². The van der Waals surface area contributed by atoms with Crippen molar-refractivity contribution in [2.75, 3.05) is 0 Å². The van der Waals surface area contributed by atoms with Crippen LogP contribution in [0.2, 0.25) is 0 Å². The Hall–Kier alpha value is -5.54. The van der Waals surface area contributed by atoms with Crippen LogP contribution in [0.25, 0.3) is 77.7 Å². The molecule has 0 amide bonds. The second kappa shape index (κ2) is 9.58. The van der Waals surface area contributed by atoms with E-state index in [2.05, 4.69) is 97.1 Å². The fraction of sp³-hybridized carbons (Fsp3) is 0. The molecule has 0 spiro atoms. The minimum Gasteiger partial charge on any atom is -0.456 e. The van der Waals surface area contributed by atoms with Crippen LogP contribution < -0.4 is 0 Å². The quantitative estimate of drug-likeness (QED) is 0.230. The van der Waals surface area contributed by atoms with Gasteiger partial charge in [0, 0.05) is 27.5 Å².